The molecule has 8 heteroatoms. The molecule has 0 radical (unpaired) electrons. The van der Waals surface area contributed by atoms with Crippen LogP contribution in [0.5, 0.6) is 0 Å². The summed E-state index contributed by atoms with van der Waals surface area (Å²) in [4.78, 5) is 0. The molecule has 0 aromatic carbocycles. The Kier molecular flexibility index (Phi) is 30.9. The molecule has 0 atom stereocenters. The molecule has 0 aliphatic rings. The summed E-state index contributed by atoms with van der Waals surface area (Å²) in [5.41, 5.74) is 0. The number of hydrogen-bond donors (Lipinski definition) is 0. The first-order valence-electron chi connectivity index (χ1n) is 0.730. The van der Waals surface area contributed by atoms with Crippen molar-refractivity contribution in [1.29, 1.82) is 0 Å². The first-order chi connectivity index (χ1) is 2.00. The average Bonchev–Trinajstić information content (AvgIpc) is 0.722. The van der Waals surface area contributed by atoms with E-state index < -0.39 is 18.1 Å². The molecule has 0 aliphatic heterocycles. The van der Waals surface area contributed by atoms with Crippen molar-refractivity contribution in [3.63, 3.8) is 0 Å². The van der Waals surface area contributed by atoms with Crippen molar-refractivity contribution >= 4 is 27.3 Å². The monoisotopic (exact) mass is 270 g/mol. The summed E-state index contributed by atoms with van der Waals surface area (Å²) in [6.45, 7) is 0. The van der Waals surface area contributed by atoms with Gasteiger partial charge >= 0.3 is 126 Å². The van der Waals surface area contributed by atoms with E-state index in [2.05, 4.69) is 9.19 Å². The quantitative estimate of drug-likeness (QED) is 0.410. The summed E-state index contributed by atoms with van der Waals surface area (Å²) in [5, 5.41) is 0. The van der Waals surface area contributed by atoms with Gasteiger partial charge in [0.1, 0.15) is 0 Å². The predicted octanol–water partition coefficient (Wildman–Crippen LogP) is -12.3. The van der Waals surface area contributed by atoms with Crippen molar-refractivity contribution in [2.24, 2.45) is 0 Å². The fourth-order valence-corrected chi connectivity index (χ4v) is 0. The molecule has 0 aromatic heterocycles. The van der Waals surface area contributed by atoms with Crippen LogP contribution in [-0.2, 0) is 0 Å². The van der Waals surface area contributed by atoms with Crippen molar-refractivity contribution in [3.8, 4) is 0 Å². The van der Waals surface area contributed by atoms with Crippen LogP contribution in [0.4, 0.5) is 0 Å². The topological polar surface area (TPSA) is 69.2 Å². The first-order valence-corrected chi connectivity index (χ1v) is 7.35. The molecule has 0 amide bonds. The van der Waals surface area contributed by atoms with Gasteiger partial charge in [0.2, 0.25) is 0 Å². The van der Waals surface area contributed by atoms with Gasteiger partial charge in [-0.25, -0.2) is 0 Å². The van der Waals surface area contributed by atoms with Crippen molar-refractivity contribution in [1.82, 2.24) is 0 Å². The second-order valence-electron chi connectivity index (χ2n) is 0.447. The molecular weight excluding hydrogens is 271 g/mol. The summed E-state index contributed by atoms with van der Waals surface area (Å²) in [6, 6.07) is 0. The molecule has 32 valence electrons. The standard InChI is InChI=1S/3Na.3O.S.Sb/q3*+1;3*-1;;. The second kappa shape index (κ2) is 10.9. The molecule has 0 aromatic rings. The Labute approximate surface area is 123 Å². The summed E-state index contributed by atoms with van der Waals surface area (Å²) >= 11 is -5.27. The van der Waals surface area contributed by atoms with E-state index in [0.29, 0.717) is 0 Å². The first kappa shape index (κ1) is 22.7. The molecule has 0 aliphatic carbocycles. The maximum absolute atomic E-state index is 9.01. The van der Waals surface area contributed by atoms with Crippen LogP contribution in [-0.4, -0.2) is 18.1 Å². The maximum atomic E-state index is 9.01. The van der Waals surface area contributed by atoms with Crippen LogP contribution < -0.4 is 98.8 Å². The Morgan fingerprint density at radius 3 is 0.875 bits per heavy atom. The minimum absolute atomic E-state index is 0. The van der Waals surface area contributed by atoms with Gasteiger partial charge in [0, 0.05) is 0 Å². The second-order valence-corrected chi connectivity index (χ2v) is 6.00. The Morgan fingerprint density at radius 1 is 0.875 bits per heavy atom. The molecule has 0 fully saturated rings. The van der Waals surface area contributed by atoms with E-state index in [4.69, 9.17) is 10.2 Å². The molecule has 0 saturated heterocycles. The van der Waals surface area contributed by atoms with Crippen LogP contribution in [0, 0.1) is 0 Å². The Bertz CT molecular complexity index is 60.7. The Morgan fingerprint density at radius 2 is 0.875 bits per heavy atom. The third-order valence-electron chi connectivity index (χ3n) is 0. The average molecular weight is 271 g/mol. The summed E-state index contributed by atoms with van der Waals surface area (Å²) in [6.07, 6.45) is 0. The fraction of sp³-hybridized carbons (Fsp3) is 0. The number of hydrogen-bond acceptors (Lipinski definition) is 4. The van der Waals surface area contributed by atoms with Gasteiger partial charge in [-0.1, -0.05) is 0 Å². The normalized spacial score (nSPS) is 7.38. The van der Waals surface area contributed by atoms with Crippen molar-refractivity contribution < 1.29 is 98.8 Å². The summed E-state index contributed by atoms with van der Waals surface area (Å²) in [7, 11) is 3.36. The summed E-state index contributed by atoms with van der Waals surface area (Å²) in [5.74, 6) is 0. The molecule has 0 spiro atoms. The summed E-state index contributed by atoms with van der Waals surface area (Å²) < 4.78 is 27.0. The van der Waals surface area contributed by atoms with Gasteiger partial charge in [0.25, 0.3) is 0 Å². The van der Waals surface area contributed by atoms with Gasteiger partial charge < -0.3 is 0 Å². The van der Waals surface area contributed by atoms with E-state index in [1.807, 2.05) is 0 Å². The zero-order valence-corrected chi connectivity index (χ0v) is 14.4. The molecule has 0 N–H and O–H groups in total. The van der Waals surface area contributed by atoms with E-state index in [1.54, 1.807) is 0 Å². The molecule has 0 rings (SSSR count). The van der Waals surface area contributed by atoms with Crippen LogP contribution in [0.3, 0.4) is 0 Å². The SMILES string of the molecule is [Na+].[Na+].[Na+].[O-][Sb]([O-])([O-])=[S]. The van der Waals surface area contributed by atoms with E-state index >= 15 is 0 Å². The van der Waals surface area contributed by atoms with Crippen molar-refractivity contribution in [2.75, 3.05) is 0 Å². The molecule has 3 nitrogen and oxygen atoms in total. The van der Waals surface area contributed by atoms with Gasteiger partial charge in [0.15, 0.2) is 0 Å². The molecule has 0 bridgehead atoms. The van der Waals surface area contributed by atoms with Crippen LogP contribution in [0.2, 0.25) is 0 Å². The van der Waals surface area contributed by atoms with E-state index in [1.165, 1.54) is 0 Å². The van der Waals surface area contributed by atoms with Crippen LogP contribution in [0.25, 0.3) is 0 Å². The van der Waals surface area contributed by atoms with Crippen LogP contribution >= 0.6 is 9.19 Å². The van der Waals surface area contributed by atoms with E-state index in [0.717, 1.165) is 0 Å². The van der Waals surface area contributed by atoms with Gasteiger partial charge in [0.05, 0.1) is 0 Å². The third-order valence-corrected chi connectivity index (χ3v) is 0. The minimum atomic E-state index is -5.27. The van der Waals surface area contributed by atoms with Gasteiger partial charge in [-0.05, 0) is 0 Å². The Balaban J connectivity index is -0.0000000267. The fourth-order valence-electron chi connectivity index (χ4n) is 0. The molecule has 0 unspecified atom stereocenters. The van der Waals surface area contributed by atoms with E-state index in [9.17, 15) is 0 Å². The molecule has 8 heavy (non-hydrogen) atoms. The zero-order chi connectivity index (χ0) is 4.50. The zero-order valence-electron chi connectivity index (χ0n) is 5.08. The number of rotatable bonds is 0. The van der Waals surface area contributed by atoms with Crippen molar-refractivity contribution in [2.45, 2.75) is 0 Å². The van der Waals surface area contributed by atoms with Crippen LogP contribution in [0.15, 0.2) is 0 Å². The van der Waals surface area contributed by atoms with Gasteiger partial charge in [-0.2, -0.15) is 0 Å². The molecular formula is Na3O3SSb. The Hall–Kier alpha value is 3.92. The van der Waals surface area contributed by atoms with Crippen molar-refractivity contribution in [3.05, 3.63) is 0 Å². The molecule has 0 saturated carbocycles. The molecule has 0 heterocycles. The predicted molar refractivity (Wildman–Crippen MR) is 13.3 cm³/mol. The van der Waals surface area contributed by atoms with Gasteiger partial charge in [-0.3, -0.25) is 0 Å². The van der Waals surface area contributed by atoms with Crippen LogP contribution in [0.1, 0.15) is 0 Å². The third kappa shape index (κ3) is 51.4. The van der Waals surface area contributed by atoms with Gasteiger partial charge in [-0.15, -0.1) is 0 Å². The van der Waals surface area contributed by atoms with E-state index in [-0.39, 0.29) is 88.7 Å².